The minimum absolute atomic E-state index is 0.0597. The van der Waals surface area contributed by atoms with E-state index in [1.165, 1.54) is 0 Å². The summed E-state index contributed by atoms with van der Waals surface area (Å²) in [5.74, 6) is -0.115. The lowest BCUT2D eigenvalue weighted by Gasteiger charge is -2.29. The van der Waals surface area contributed by atoms with Crippen LogP contribution in [0.5, 0.6) is 0 Å². The summed E-state index contributed by atoms with van der Waals surface area (Å²) in [6.45, 7) is 5.91. The van der Waals surface area contributed by atoms with Crippen molar-refractivity contribution < 1.29 is 9.90 Å². The number of nitrogens with one attached hydrogen (secondary N) is 1. The van der Waals surface area contributed by atoms with E-state index in [0.717, 1.165) is 17.6 Å². The number of aliphatic hydroxyl groups excluding tert-OH is 1. The second-order valence-corrected chi connectivity index (χ2v) is 5.36. The van der Waals surface area contributed by atoms with Crippen molar-refractivity contribution in [2.45, 2.75) is 39.2 Å². The molecule has 2 heterocycles. The average Bonchev–Trinajstić information content (AvgIpc) is 2.88. The van der Waals surface area contributed by atoms with E-state index in [4.69, 9.17) is 5.11 Å². The molecule has 0 aliphatic carbocycles. The van der Waals surface area contributed by atoms with Crippen molar-refractivity contribution in [3.05, 3.63) is 35.9 Å². The average molecular weight is 275 g/mol. The number of aromatic nitrogens is 2. The molecule has 0 saturated carbocycles. The van der Waals surface area contributed by atoms with Crippen LogP contribution in [0.1, 0.15) is 42.7 Å². The summed E-state index contributed by atoms with van der Waals surface area (Å²) in [6, 6.07) is 3.70. The zero-order chi connectivity index (χ0) is 14.8. The lowest BCUT2D eigenvalue weighted by molar-refractivity contribution is 0.0885. The van der Waals surface area contributed by atoms with Crippen molar-refractivity contribution >= 4 is 11.4 Å². The van der Waals surface area contributed by atoms with Crippen LogP contribution in [-0.4, -0.2) is 32.5 Å². The van der Waals surface area contributed by atoms with Crippen molar-refractivity contribution in [3.63, 3.8) is 0 Å². The normalized spacial score (nSPS) is 14.2. The molecule has 0 aromatic carbocycles. The van der Waals surface area contributed by atoms with Crippen LogP contribution in [0, 0.1) is 6.92 Å². The topological polar surface area (TPSA) is 66.6 Å². The lowest BCUT2D eigenvalue weighted by atomic mass is 9.94. The van der Waals surface area contributed by atoms with E-state index in [2.05, 4.69) is 10.3 Å². The first-order chi connectivity index (χ1) is 9.50. The zero-order valence-electron chi connectivity index (χ0n) is 12.2. The van der Waals surface area contributed by atoms with Gasteiger partial charge in [0.15, 0.2) is 0 Å². The van der Waals surface area contributed by atoms with Crippen LogP contribution in [-0.2, 0) is 0 Å². The standard InChI is InChI=1S/C15H21N3O2/c1-4-15(3,7-8-19)17-14(20)13-6-5-12-9-16-10-18(12)11(13)2/h5-6,9-10,19H,4,7-8H2,1-3H3,(H,17,20). The maximum absolute atomic E-state index is 12.5. The van der Waals surface area contributed by atoms with Crippen LogP contribution in [0.15, 0.2) is 24.7 Å². The summed E-state index contributed by atoms with van der Waals surface area (Å²) < 4.78 is 1.89. The van der Waals surface area contributed by atoms with Crippen molar-refractivity contribution in [2.75, 3.05) is 6.61 Å². The Balaban J connectivity index is 2.29. The van der Waals surface area contributed by atoms with Gasteiger partial charge in [-0.1, -0.05) is 6.92 Å². The fourth-order valence-electron chi connectivity index (χ4n) is 2.28. The smallest absolute Gasteiger partial charge is 0.253 e. The molecule has 5 heteroatoms. The molecule has 108 valence electrons. The second-order valence-electron chi connectivity index (χ2n) is 5.36. The number of hydrogen-bond acceptors (Lipinski definition) is 3. The van der Waals surface area contributed by atoms with E-state index in [1.807, 2.05) is 37.3 Å². The van der Waals surface area contributed by atoms with E-state index in [1.54, 1.807) is 12.5 Å². The molecule has 2 rings (SSSR count). The zero-order valence-corrected chi connectivity index (χ0v) is 12.2. The number of fused-ring (bicyclic) bond motifs is 1. The number of carbonyl (C=O) groups is 1. The molecule has 1 atom stereocenters. The van der Waals surface area contributed by atoms with Gasteiger partial charge in [0.05, 0.1) is 23.6 Å². The van der Waals surface area contributed by atoms with Crippen molar-refractivity contribution in [2.24, 2.45) is 0 Å². The monoisotopic (exact) mass is 275 g/mol. The highest BCUT2D eigenvalue weighted by Gasteiger charge is 2.25. The van der Waals surface area contributed by atoms with Crippen LogP contribution in [0.2, 0.25) is 0 Å². The Kier molecular flexibility index (Phi) is 4.09. The van der Waals surface area contributed by atoms with Crippen LogP contribution in [0.4, 0.5) is 0 Å². The molecule has 5 nitrogen and oxygen atoms in total. The summed E-state index contributed by atoms with van der Waals surface area (Å²) in [5.41, 5.74) is 2.07. The largest absolute Gasteiger partial charge is 0.396 e. The van der Waals surface area contributed by atoms with Crippen LogP contribution < -0.4 is 5.32 Å². The van der Waals surface area contributed by atoms with Gasteiger partial charge in [-0.05, 0) is 38.8 Å². The Hall–Kier alpha value is -1.88. The summed E-state index contributed by atoms with van der Waals surface area (Å²) in [7, 11) is 0. The van der Waals surface area contributed by atoms with E-state index in [0.29, 0.717) is 12.0 Å². The van der Waals surface area contributed by atoms with E-state index >= 15 is 0 Å². The minimum Gasteiger partial charge on any atom is -0.396 e. The number of nitrogens with zero attached hydrogens (tertiary/aromatic N) is 2. The van der Waals surface area contributed by atoms with Gasteiger partial charge >= 0.3 is 0 Å². The Morgan fingerprint density at radius 2 is 2.25 bits per heavy atom. The number of aryl methyl sites for hydroxylation is 1. The molecule has 1 unspecified atom stereocenters. The van der Waals surface area contributed by atoms with Crippen molar-refractivity contribution in [1.29, 1.82) is 0 Å². The molecule has 1 amide bonds. The molecule has 20 heavy (non-hydrogen) atoms. The molecule has 0 aliphatic heterocycles. The molecule has 2 aromatic rings. The third-order valence-corrected chi connectivity index (χ3v) is 3.94. The quantitative estimate of drug-likeness (QED) is 0.876. The third-order valence-electron chi connectivity index (χ3n) is 3.94. The molecule has 2 N–H and O–H groups in total. The first kappa shape index (κ1) is 14.5. The number of imidazole rings is 1. The van der Waals surface area contributed by atoms with Gasteiger partial charge in [-0.2, -0.15) is 0 Å². The number of carbonyl (C=O) groups excluding carboxylic acids is 1. The Bertz CT molecular complexity index is 621. The number of aliphatic hydroxyl groups is 1. The van der Waals surface area contributed by atoms with Gasteiger partial charge in [-0.25, -0.2) is 4.98 Å². The fourth-order valence-corrected chi connectivity index (χ4v) is 2.28. The van der Waals surface area contributed by atoms with Crippen molar-refractivity contribution in [1.82, 2.24) is 14.7 Å². The molecule has 0 aliphatic rings. The predicted octanol–water partition coefficient (Wildman–Crippen LogP) is 1.92. The van der Waals surface area contributed by atoms with Crippen molar-refractivity contribution in [3.8, 4) is 0 Å². The first-order valence-electron chi connectivity index (χ1n) is 6.86. The van der Waals surface area contributed by atoms with E-state index in [9.17, 15) is 4.79 Å². The predicted molar refractivity (Wildman–Crippen MR) is 77.8 cm³/mol. The summed E-state index contributed by atoms with van der Waals surface area (Å²) in [4.78, 5) is 16.5. The Morgan fingerprint density at radius 3 is 2.90 bits per heavy atom. The highest BCUT2D eigenvalue weighted by atomic mass is 16.3. The maximum Gasteiger partial charge on any atom is 0.253 e. The number of amides is 1. The number of pyridine rings is 1. The summed E-state index contributed by atoms with van der Waals surface area (Å²) >= 11 is 0. The third kappa shape index (κ3) is 2.67. The van der Waals surface area contributed by atoms with Gasteiger partial charge in [0.2, 0.25) is 0 Å². The SMILES string of the molecule is CCC(C)(CCO)NC(=O)c1ccc2cncn2c1C. The van der Waals surface area contributed by atoms with E-state index < -0.39 is 0 Å². The lowest BCUT2D eigenvalue weighted by Crippen LogP contribution is -2.46. The van der Waals surface area contributed by atoms with Crippen LogP contribution >= 0.6 is 0 Å². The molecule has 0 saturated heterocycles. The Labute approximate surface area is 118 Å². The molecule has 0 spiro atoms. The van der Waals surface area contributed by atoms with Gasteiger partial charge in [0.1, 0.15) is 0 Å². The summed E-state index contributed by atoms with van der Waals surface area (Å²) in [5, 5.41) is 12.1. The number of hydrogen-bond donors (Lipinski definition) is 2. The molecule has 0 radical (unpaired) electrons. The molecule has 0 bridgehead atoms. The van der Waals surface area contributed by atoms with Crippen LogP contribution in [0.3, 0.4) is 0 Å². The second kappa shape index (κ2) is 5.63. The highest BCUT2D eigenvalue weighted by molar-refractivity contribution is 5.96. The highest BCUT2D eigenvalue weighted by Crippen LogP contribution is 2.17. The van der Waals surface area contributed by atoms with Gasteiger partial charge < -0.3 is 14.8 Å². The minimum atomic E-state index is -0.387. The van der Waals surface area contributed by atoms with Gasteiger partial charge in [0, 0.05) is 17.8 Å². The van der Waals surface area contributed by atoms with Gasteiger partial charge in [0.25, 0.3) is 5.91 Å². The first-order valence-corrected chi connectivity index (χ1v) is 6.86. The molecular formula is C15H21N3O2. The Morgan fingerprint density at radius 1 is 1.50 bits per heavy atom. The van der Waals surface area contributed by atoms with Gasteiger partial charge in [-0.15, -0.1) is 0 Å². The molecule has 2 aromatic heterocycles. The van der Waals surface area contributed by atoms with E-state index in [-0.39, 0.29) is 18.1 Å². The van der Waals surface area contributed by atoms with Crippen LogP contribution in [0.25, 0.3) is 5.52 Å². The fraction of sp³-hybridized carbons (Fsp3) is 0.467. The number of rotatable bonds is 5. The summed E-state index contributed by atoms with van der Waals surface area (Å²) in [6.07, 6.45) is 4.78. The molecule has 0 fully saturated rings. The molecular weight excluding hydrogens is 254 g/mol. The maximum atomic E-state index is 12.5. The van der Waals surface area contributed by atoms with Gasteiger partial charge in [-0.3, -0.25) is 4.79 Å².